The minimum atomic E-state index is -0.768. The van der Waals surface area contributed by atoms with Crippen LogP contribution in [0.15, 0.2) is 6.33 Å². The average molecular weight is 280 g/mol. The highest BCUT2D eigenvalue weighted by Gasteiger charge is 2.25. The minimum absolute atomic E-state index is 0.0168. The molecule has 0 aliphatic carbocycles. The lowest BCUT2D eigenvalue weighted by Crippen LogP contribution is -2.47. The summed E-state index contributed by atoms with van der Waals surface area (Å²) >= 11 is 0. The number of rotatable bonds is 7. The van der Waals surface area contributed by atoms with E-state index in [4.69, 9.17) is 5.11 Å². The predicted molar refractivity (Wildman–Crippen MR) is 72.0 cm³/mol. The van der Waals surface area contributed by atoms with Crippen molar-refractivity contribution in [2.75, 3.05) is 6.54 Å². The number of carboxylic acids is 1. The van der Waals surface area contributed by atoms with Crippen LogP contribution in [-0.4, -0.2) is 39.5 Å². The number of hydrogen-bond donors (Lipinski definition) is 4. The van der Waals surface area contributed by atoms with Gasteiger partial charge < -0.3 is 15.4 Å². The molecule has 1 amide bonds. The number of amides is 1. The van der Waals surface area contributed by atoms with Crippen LogP contribution in [0, 0.1) is 0 Å². The second kappa shape index (κ2) is 7.04. The van der Waals surface area contributed by atoms with Crippen LogP contribution in [0.4, 0.5) is 0 Å². The Hall–Kier alpha value is -1.89. The first-order valence-electron chi connectivity index (χ1n) is 6.91. The smallest absolute Gasteiger partial charge is 0.303 e. The standard InChI is InChI=1S/C13H20N4O3/c18-12(19)4-2-1-3-5-14-13(20)10-6-9-11(7-15-10)17-8-16-9/h8,10,15H,1-7H2,(H,14,20)(H,16,17)(H,18,19). The molecular weight excluding hydrogens is 260 g/mol. The molecule has 4 N–H and O–H groups in total. The topological polar surface area (TPSA) is 107 Å². The van der Waals surface area contributed by atoms with Crippen molar-refractivity contribution in [1.29, 1.82) is 0 Å². The zero-order valence-corrected chi connectivity index (χ0v) is 11.3. The number of unbranched alkanes of at least 4 members (excludes halogenated alkanes) is 2. The Morgan fingerprint density at radius 3 is 3.05 bits per heavy atom. The summed E-state index contributed by atoms with van der Waals surface area (Å²) in [6.07, 6.45) is 4.72. The zero-order valence-electron chi connectivity index (χ0n) is 11.3. The second-order valence-electron chi connectivity index (χ2n) is 4.96. The third kappa shape index (κ3) is 4.06. The summed E-state index contributed by atoms with van der Waals surface area (Å²) in [5.41, 5.74) is 1.99. The molecule has 2 rings (SSSR count). The fourth-order valence-corrected chi connectivity index (χ4v) is 2.27. The lowest BCUT2D eigenvalue weighted by Gasteiger charge is -2.22. The van der Waals surface area contributed by atoms with E-state index in [0.717, 1.165) is 24.2 Å². The van der Waals surface area contributed by atoms with Crippen molar-refractivity contribution in [2.24, 2.45) is 0 Å². The molecule has 1 aromatic heterocycles. The summed E-state index contributed by atoms with van der Waals surface area (Å²) in [5.74, 6) is -0.785. The molecule has 1 aliphatic rings. The Kier molecular flexibility index (Phi) is 5.11. The molecule has 1 aromatic rings. The molecular formula is C13H20N4O3. The first-order chi connectivity index (χ1) is 9.66. The lowest BCUT2D eigenvalue weighted by atomic mass is 10.0. The summed E-state index contributed by atoms with van der Waals surface area (Å²) in [6.45, 7) is 1.22. The van der Waals surface area contributed by atoms with Crippen LogP contribution in [0.2, 0.25) is 0 Å². The molecule has 7 nitrogen and oxygen atoms in total. The zero-order chi connectivity index (χ0) is 14.4. The van der Waals surface area contributed by atoms with Gasteiger partial charge in [-0.05, 0) is 12.8 Å². The van der Waals surface area contributed by atoms with Crippen molar-refractivity contribution < 1.29 is 14.7 Å². The fourth-order valence-electron chi connectivity index (χ4n) is 2.27. The van der Waals surface area contributed by atoms with Gasteiger partial charge in [0.05, 0.1) is 23.8 Å². The van der Waals surface area contributed by atoms with E-state index in [2.05, 4.69) is 20.6 Å². The molecule has 1 atom stereocenters. The van der Waals surface area contributed by atoms with Gasteiger partial charge in [0.2, 0.25) is 5.91 Å². The molecule has 2 heterocycles. The van der Waals surface area contributed by atoms with Crippen LogP contribution in [0.1, 0.15) is 37.1 Å². The molecule has 0 bridgehead atoms. The maximum absolute atomic E-state index is 12.0. The average Bonchev–Trinajstić information content (AvgIpc) is 2.89. The number of imidazole rings is 1. The van der Waals surface area contributed by atoms with Crippen molar-refractivity contribution in [2.45, 2.75) is 44.7 Å². The summed E-state index contributed by atoms with van der Waals surface area (Å²) in [6, 6.07) is -0.232. The highest BCUT2D eigenvalue weighted by molar-refractivity contribution is 5.82. The highest BCUT2D eigenvalue weighted by atomic mass is 16.4. The van der Waals surface area contributed by atoms with Gasteiger partial charge >= 0.3 is 5.97 Å². The molecule has 0 spiro atoms. The maximum atomic E-state index is 12.0. The van der Waals surface area contributed by atoms with E-state index in [1.807, 2.05) is 0 Å². The number of carbonyl (C=O) groups excluding carboxylic acids is 1. The van der Waals surface area contributed by atoms with Gasteiger partial charge in [-0.2, -0.15) is 0 Å². The molecule has 0 radical (unpaired) electrons. The Bertz CT molecular complexity index is 472. The first kappa shape index (κ1) is 14.5. The Morgan fingerprint density at radius 2 is 2.25 bits per heavy atom. The summed E-state index contributed by atoms with van der Waals surface area (Å²) < 4.78 is 0. The molecule has 110 valence electrons. The molecule has 20 heavy (non-hydrogen) atoms. The van der Waals surface area contributed by atoms with Crippen LogP contribution in [-0.2, 0) is 22.6 Å². The van der Waals surface area contributed by atoms with Crippen molar-refractivity contribution in [3.8, 4) is 0 Å². The van der Waals surface area contributed by atoms with E-state index >= 15 is 0 Å². The third-order valence-electron chi connectivity index (χ3n) is 3.41. The monoisotopic (exact) mass is 280 g/mol. The molecule has 0 saturated heterocycles. The quantitative estimate of drug-likeness (QED) is 0.533. The van der Waals surface area contributed by atoms with Crippen LogP contribution < -0.4 is 10.6 Å². The third-order valence-corrected chi connectivity index (χ3v) is 3.41. The number of nitrogens with zero attached hydrogens (tertiary/aromatic N) is 1. The van der Waals surface area contributed by atoms with Gasteiger partial charge in [-0.1, -0.05) is 6.42 Å². The number of aromatic amines is 1. The van der Waals surface area contributed by atoms with Gasteiger partial charge in [-0.3, -0.25) is 14.9 Å². The highest BCUT2D eigenvalue weighted by Crippen LogP contribution is 2.12. The van der Waals surface area contributed by atoms with Gasteiger partial charge in [0, 0.05) is 25.9 Å². The number of carboxylic acid groups (broad SMARTS) is 1. The van der Waals surface area contributed by atoms with Crippen LogP contribution >= 0.6 is 0 Å². The Balaban J connectivity index is 1.62. The van der Waals surface area contributed by atoms with E-state index < -0.39 is 5.97 Å². The van der Waals surface area contributed by atoms with Crippen molar-refractivity contribution >= 4 is 11.9 Å². The lowest BCUT2D eigenvalue weighted by molar-refractivity contribution is -0.137. The Labute approximate surface area is 117 Å². The van der Waals surface area contributed by atoms with E-state index in [1.54, 1.807) is 6.33 Å². The molecule has 1 aliphatic heterocycles. The number of hydrogen-bond acceptors (Lipinski definition) is 4. The summed E-state index contributed by atoms with van der Waals surface area (Å²) in [4.78, 5) is 29.5. The number of aliphatic carboxylic acids is 1. The second-order valence-corrected chi connectivity index (χ2v) is 4.96. The van der Waals surface area contributed by atoms with E-state index in [0.29, 0.717) is 25.9 Å². The van der Waals surface area contributed by atoms with Crippen molar-refractivity contribution in [3.05, 3.63) is 17.7 Å². The van der Waals surface area contributed by atoms with Gasteiger partial charge in [-0.15, -0.1) is 0 Å². The van der Waals surface area contributed by atoms with Crippen LogP contribution in [0.25, 0.3) is 0 Å². The molecule has 7 heteroatoms. The number of carbonyl (C=O) groups is 2. The predicted octanol–water partition coefficient (Wildman–Crippen LogP) is 0.185. The largest absolute Gasteiger partial charge is 0.481 e. The van der Waals surface area contributed by atoms with Gasteiger partial charge in [0.1, 0.15) is 0 Å². The van der Waals surface area contributed by atoms with E-state index in [1.165, 1.54) is 0 Å². The van der Waals surface area contributed by atoms with Crippen LogP contribution in [0.3, 0.4) is 0 Å². The number of H-pyrrole nitrogens is 1. The van der Waals surface area contributed by atoms with Gasteiger partial charge in [0.25, 0.3) is 0 Å². The molecule has 0 saturated carbocycles. The number of nitrogens with one attached hydrogen (secondary N) is 3. The van der Waals surface area contributed by atoms with E-state index in [9.17, 15) is 9.59 Å². The van der Waals surface area contributed by atoms with Crippen LogP contribution in [0.5, 0.6) is 0 Å². The van der Waals surface area contributed by atoms with E-state index in [-0.39, 0.29) is 18.4 Å². The van der Waals surface area contributed by atoms with Crippen molar-refractivity contribution in [3.63, 3.8) is 0 Å². The molecule has 0 aromatic carbocycles. The van der Waals surface area contributed by atoms with Gasteiger partial charge in [-0.25, -0.2) is 4.98 Å². The summed E-state index contributed by atoms with van der Waals surface area (Å²) in [7, 11) is 0. The number of fused-ring (bicyclic) bond motifs is 1. The first-order valence-corrected chi connectivity index (χ1v) is 6.91. The SMILES string of the molecule is O=C(O)CCCCCNC(=O)C1Cc2nc[nH]c2CN1. The molecule has 1 unspecified atom stereocenters. The number of aromatic nitrogens is 2. The Morgan fingerprint density at radius 1 is 1.40 bits per heavy atom. The summed E-state index contributed by atoms with van der Waals surface area (Å²) in [5, 5.41) is 14.5. The maximum Gasteiger partial charge on any atom is 0.303 e. The fraction of sp³-hybridized carbons (Fsp3) is 0.615. The van der Waals surface area contributed by atoms with Gasteiger partial charge in [0.15, 0.2) is 0 Å². The molecule has 0 fully saturated rings. The minimum Gasteiger partial charge on any atom is -0.481 e. The van der Waals surface area contributed by atoms with Crippen molar-refractivity contribution in [1.82, 2.24) is 20.6 Å². The normalized spacial score (nSPS) is 17.5.